The summed E-state index contributed by atoms with van der Waals surface area (Å²) in [6.45, 7) is 7.60. The van der Waals surface area contributed by atoms with Gasteiger partial charge in [-0.05, 0) is 48.6 Å². The highest BCUT2D eigenvalue weighted by Crippen LogP contribution is 2.31. The van der Waals surface area contributed by atoms with Crippen LogP contribution in [0, 0.1) is 11.8 Å². The summed E-state index contributed by atoms with van der Waals surface area (Å²) in [6.07, 6.45) is 0.898. The summed E-state index contributed by atoms with van der Waals surface area (Å²) >= 11 is 6.06. The van der Waals surface area contributed by atoms with E-state index in [4.69, 9.17) is 17.3 Å². The van der Waals surface area contributed by atoms with Gasteiger partial charge in [0.2, 0.25) is 0 Å². The van der Waals surface area contributed by atoms with Crippen LogP contribution in [0.2, 0.25) is 5.02 Å². The molecule has 0 aliphatic carbocycles. The number of rotatable bonds is 3. The molecule has 0 amide bonds. The van der Waals surface area contributed by atoms with Gasteiger partial charge in [0.25, 0.3) is 0 Å². The Balaban J connectivity index is 2.25. The van der Waals surface area contributed by atoms with Gasteiger partial charge < -0.3 is 10.6 Å². The molecule has 0 spiro atoms. The molecular weight excluding hydrogens is 232 g/mol. The van der Waals surface area contributed by atoms with Gasteiger partial charge in [-0.1, -0.05) is 25.4 Å². The van der Waals surface area contributed by atoms with Gasteiger partial charge in [0, 0.05) is 23.8 Å². The molecule has 1 aliphatic rings. The average Bonchev–Trinajstić information content (AvgIpc) is 2.60. The minimum absolute atomic E-state index is 0.673. The van der Waals surface area contributed by atoms with Gasteiger partial charge in [-0.3, -0.25) is 0 Å². The van der Waals surface area contributed by atoms with Crippen molar-refractivity contribution in [3.05, 3.63) is 28.8 Å². The Labute approximate surface area is 109 Å². The number of hydrogen-bond donors (Lipinski definition) is 1. The lowest BCUT2D eigenvalue weighted by atomic mass is 10.0. The summed E-state index contributed by atoms with van der Waals surface area (Å²) in [7, 11) is 0. The molecule has 1 fully saturated rings. The van der Waals surface area contributed by atoms with E-state index in [1.165, 1.54) is 11.3 Å². The molecule has 1 aromatic carbocycles. The molecule has 0 saturated carbocycles. The molecule has 1 aliphatic heterocycles. The molecule has 94 valence electrons. The first kappa shape index (κ1) is 12.7. The zero-order valence-corrected chi connectivity index (χ0v) is 11.4. The predicted octanol–water partition coefficient (Wildman–Crippen LogP) is 2.93. The molecule has 0 radical (unpaired) electrons. The van der Waals surface area contributed by atoms with Crippen LogP contribution in [0.4, 0.5) is 5.69 Å². The number of anilines is 1. The van der Waals surface area contributed by atoms with E-state index in [0.29, 0.717) is 6.54 Å². The lowest BCUT2D eigenvalue weighted by molar-refractivity contribution is 0.494. The Hall–Kier alpha value is -0.730. The molecule has 3 heteroatoms. The monoisotopic (exact) mass is 252 g/mol. The van der Waals surface area contributed by atoms with Crippen LogP contribution in [0.15, 0.2) is 18.2 Å². The number of hydrogen-bond acceptors (Lipinski definition) is 2. The molecule has 2 atom stereocenters. The first-order valence-corrected chi connectivity index (χ1v) is 6.73. The first-order chi connectivity index (χ1) is 8.11. The van der Waals surface area contributed by atoms with E-state index in [1.54, 1.807) is 0 Å². The van der Waals surface area contributed by atoms with Crippen LogP contribution < -0.4 is 10.6 Å². The van der Waals surface area contributed by atoms with Gasteiger partial charge in [-0.2, -0.15) is 0 Å². The van der Waals surface area contributed by atoms with Crippen molar-refractivity contribution in [2.45, 2.75) is 20.3 Å². The van der Waals surface area contributed by atoms with Gasteiger partial charge >= 0.3 is 0 Å². The maximum absolute atomic E-state index is 6.06. The summed E-state index contributed by atoms with van der Waals surface area (Å²) in [5.41, 5.74) is 8.27. The van der Waals surface area contributed by atoms with Gasteiger partial charge in [0.05, 0.1) is 0 Å². The third kappa shape index (κ3) is 2.75. The second-order valence-corrected chi connectivity index (χ2v) is 5.61. The standard InChI is InChI=1S/C14H21ClN2/c1-10-8-17(9-11(10)2)14-4-3-13(15)7-12(14)5-6-16/h3-4,7,10-11H,5-6,8-9,16H2,1-2H3. The second-order valence-electron chi connectivity index (χ2n) is 5.17. The first-order valence-electron chi connectivity index (χ1n) is 6.35. The van der Waals surface area contributed by atoms with Crippen LogP contribution in [0.5, 0.6) is 0 Å². The maximum atomic E-state index is 6.06. The van der Waals surface area contributed by atoms with E-state index in [1.807, 2.05) is 6.07 Å². The van der Waals surface area contributed by atoms with E-state index < -0.39 is 0 Å². The average molecular weight is 253 g/mol. The Morgan fingerprint density at radius 2 is 1.94 bits per heavy atom. The molecule has 2 unspecified atom stereocenters. The van der Waals surface area contributed by atoms with Crippen molar-refractivity contribution in [2.75, 3.05) is 24.5 Å². The SMILES string of the molecule is CC1CN(c2ccc(Cl)cc2CCN)CC1C. The fourth-order valence-corrected chi connectivity index (χ4v) is 2.74. The van der Waals surface area contributed by atoms with Crippen molar-refractivity contribution < 1.29 is 0 Å². The third-order valence-electron chi connectivity index (χ3n) is 3.78. The largest absolute Gasteiger partial charge is 0.371 e. The molecule has 1 aromatic rings. The highest BCUT2D eigenvalue weighted by Gasteiger charge is 2.27. The van der Waals surface area contributed by atoms with E-state index in [9.17, 15) is 0 Å². The summed E-state index contributed by atoms with van der Waals surface area (Å²) < 4.78 is 0. The topological polar surface area (TPSA) is 29.3 Å². The third-order valence-corrected chi connectivity index (χ3v) is 4.02. The molecule has 2 nitrogen and oxygen atoms in total. The zero-order chi connectivity index (χ0) is 12.4. The summed E-state index contributed by atoms with van der Waals surface area (Å²) in [5.74, 6) is 1.52. The minimum atomic E-state index is 0.673. The molecule has 2 rings (SSSR count). The minimum Gasteiger partial charge on any atom is -0.371 e. The zero-order valence-electron chi connectivity index (χ0n) is 10.6. The van der Waals surface area contributed by atoms with E-state index in [0.717, 1.165) is 36.4 Å². The van der Waals surface area contributed by atoms with Crippen molar-refractivity contribution in [3.8, 4) is 0 Å². The van der Waals surface area contributed by atoms with Crippen LogP contribution in [0.25, 0.3) is 0 Å². The van der Waals surface area contributed by atoms with Crippen molar-refractivity contribution in [2.24, 2.45) is 17.6 Å². The van der Waals surface area contributed by atoms with E-state index in [2.05, 4.69) is 30.9 Å². The number of benzene rings is 1. The quantitative estimate of drug-likeness (QED) is 0.896. The Kier molecular flexibility index (Phi) is 3.95. The van der Waals surface area contributed by atoms with Crippen molar-refractivity contribution in [3.63, 3.8) is 0 Å². The van der Waals surface area contributed by atoms with Crippen LogP contribution in [-0.2, 0) is 6.42 Å². The highest BCUT2D eigenvalue weighted by molar-refractivity contribution is 6.30. The number of halogens is 1. The van der Waals surface area contributed by atoms with Gasteiger partial charge in [0.1, 0.15) is 0 Å². The lowest BCUT2D eigenvalue weighted by Crippen LogP contribution is -2.21. The van der Waals surface area contributed by atoms with Gasteiger partial charge in [0.15, 0.2) is 0 Å². The molecule has 0 bridgehead atoms. The number of nitrogens with zero attached hydrogens (tertiary/aromatic N) is 1. The molecule has 1 heterocycles. The van der Waals surface area contributed by atoms with Crippen molar-refractivity contribution in [1.29, 1.82) is 0 Å². The van der Waals surface area contributed by atoms with Gasteiger partial charge in [-0.15, -0.1) is 0 Å². The second kappa shape index (κ2) is 5.28. The normalized spacial score (nSPS) is 24.4. The lowest BCUT2D eigenvalue weighted by Gasteiger charge is -2.22. The smallest absolute Gasteiger partial charge is 0.0410 e. The van der Waals surface area contributed by atoms with E-state index in [-0.39, 0.29) is 0 Å². The maximum Gasteiger partial charge on any atom is 0.0410 e. The summed E-state index contributed by atoms with van der Waals surface area (Å²) in [4.78, 5) is 2.47. The Bertz CT molecular complexity index is 382. The van der Waals surface area contributed by atoms with Crippen LogP contribution in [0.3, 0.4) is 0 Å². The summed E-state index contributed by atoms with van der Waals surface area (Å²) in [5, 5.41) is 0.803. The predicted molar refractivity (Wildman–Crippen MR) is 74.8 cm³/mol. The van der Waals surface area contributed by atoms with Crippen molar-refractivity contribution in [1.82, 2.24) is 0 Å². The molecule has 2 N–H and O–H groups in total. The molecule has 1 saturated heterocycles. The molecular formula is C14H21ClN2. The summed E-state index contributed by atoms with van der Waals surface area (Å²) in [6, 6.07) is 6.17. The van der Waals surface area contributed by atoms with Crippen LogP contribution in [-0.4, -0.2) is 19.6 Å². The van der Waals surface area contributed by atoms with Crippen LogP contribution in [0.1, 0.15) is 19.4 Å². The number of nitrogens with two attached hydrogens (primary N) is 1. The highest BCUT2D eigenvalue weighted by atomic mass is 35.5. The Morgan fingerprint density at radius 1 is 1.29 bits per heavy atom. The van der Waals surface area contributed by atoms with Gasteiger partial charge in [-0.25, -0.2) is 0 Å². The van der Waals surface area contributed by atoms with Crippen LogP contribution >= 0.6 is 11.6 Å². The fraction of sp³-hybridized carbons (Fsp3) is 0.571. The molecule has 17 heavy (non-hydrogen) atoms. The van der Waals surface area contributed by atoms with Crippen molar-refractivity contribution >= 4 is 17.3 Å². The Morgan fingerprint density at radius 3 is 2.53 bits per heavy atom. The fourth-order valence-electron chi connectivity index (χ4n) is 2.54. The molecule has 0 aromatic heterocycles. The van der Waals surface area contributed by atoms with E-state index >= 15 is 0 Å².